The smallest absolute Gasteiger partial charge is 0.119 e. The molecule has 2 heteroatoms. The summed E-state index contributed by atoms with van der Waals surface area (Å²) in [5.41, 5.74) is 0. The van der Waals surface area contributed by atoms with Crippen molar-refractivity contribution in [2.24, 2.45) is 0 Å². The van der Waals surface area contributed by atoms with Gasteiger partial charge in [-0.15, -0.1) is 0 Å². The van der Waals surface area contributed by atoms with E-state index < -0.39 is 0 Å². The normalized spacial score (nSPS) is 14.7. The van der Waals surface area contributed by atoms with Gasteiger partial charge in [-0.2, -0.15) is 0 Å². The lowest BCUT2D eigenvalue weighted by molar-refractivity contribution is 0.263. The Morgan fingerprint density at radius 2 is 1.50 bits per heavy atom. The second-order valence-electron chi connectivity index (χ2n) is 3.29. The van der Waals surface area contributed by atoms with Crippen LogP contribution >= 0.6 is 0 Å². The Bertz CT molecular complexity index is 230. The molecule has 1 aromatic carbocycles. The zero-order valence-corrected chi connectivity index (χ0v) is 12.9. The molecule has 0 amide bonds. The topological polar surface area (TPSA) is 21.8 Å². The van der Waals surface area contributed by atoms with E-state index in [1.807, 2.05) is 58.0 Å². The van der Waals surface area contributed by atoms with E-state index in [0.29, 0.717) is 12.7 Å². The van der Waals surface area contributed by atoms with E-state index in [0.717, 1.165) is 12.4 Å². The van der Waals surface area contributed by atoms with Gasteiger partial charge in [0.15, 0.2) is 0 Å². The van der Waals surface area contributed by atoms with Gasteiger partial charge in [0.2, 0.25) is 0 Å². The summed E-state index contributed by atoms with van der Waals surface area (Å²) in [4.78, 5) is 0. The molecule has 0 aliphatic carbocycles. The maximum absolute atomic E-state index is 5.40. The number of benzene rings is 1. The maximum Gasteiger partial charge on any atom is 0.119 e. The highest BCUT2D eigenvalue weighted by molar-refractivity contribution is 5.20. The zero-order valence-electron chi connectivity index (χ0n) is 12.9. The fourth-order valence-corrected chi connectivity index (χ4v) is 0.870. The molecule has 106 valence electrons. The van der Waals surface area contributed by atoms with Gasteiger partial charge in [0, 0.05) is 0 Å². The molecule has 1 unspecified atom stereocenters. The first-order valence-electron chi connectivity index (χ1n) is 7.16. The summed E-state index contributed by atoms with van der Waals surface area (Å²) in [6, 6.07) is 9.79. The molecule has 2 rings (SSSR count). The van der Waals surface area contributed by atoms with Crippen molar-refractivity contribution < 1.29 is 9.47 Å². The quantitative estimate of drug-likeness (QED) is 0.713. The highest BCUT2D eigenvalue weighted by atomic mass is 16.6. The van der Waals surface area contributed by atoms with Gasteiger partial charge in [-0.3, -0.25) is 0 Å². The predicted octanol–water partition coefficient (Wildman–Crippen LogP) is 4.93. The number of para-hydroxylation sites is 1. The Morgan fingerprint density at radius 3 is 1.89 bits per heavy atom. The molecule has 2 nitrogen and oxygen atoms in total. The number of ether oxygens (including phenoxy) is 2. The van der Waals surface area contributed by atoms with E-state index in [-0.39, 0.29) is 0 Å². The summed E-state index contributed by atoms with van der Waals surface area (Å²) >= 11 is 0. The molecule has 1 aromatic rings. The molecule has 1 aliphatic heterocycles. The van der Waals surface area contributed by atoms with Crippen molar-refractivity contribution in [3.8, 4) is 5.75 Å². The highest BCUT2D eigenvalue weighted by Gasteiger charge is 2.22. The van der Waals surface area contributed by atoms with Gasteiger partial charge in [0.1, 0.15) is 18.5 Å². The van der Waals surface area contributed by atoms with Crippen LogP contribution in [0.2, 0.25) is 0 Å². The summed E-state index contributed by atoms with van der Waals surface area (Å²) in [7, 11) is 0. The molecule has 0 saturated carbocycles. The second kappa shape index (κ2) is 16.0. The Balaban J connectivity index is 0. The van der Waals surface area contributed by atoms with Gasteiger partial charge in [-0.05, 0) is 12.1 Å². The number of epoxide rings is 1. The number of hydrogen-bond donors (Lipinski definition) is 0. The van der Waals surface area contributed by atoms with Crippen LogP contribution in [0.15, 0.2) is 30.3 Å². The van der Waals surface area contributed by atoms with Gasteiger partial charge in [0.25, 0.3) is 0 Å². The van der Waals surface area contributed by atoms with Crippen molar-refractivity contribution in [3.05, 3.63) is 30.3 Å². The van der Waals surface area contributed by atoms with Crippen LogP contribution in [0.1, 0.15) is 48.0 Å². The SMILES string of the molecule is CC.CC.CCC.c1ccc(OCC2CO2)cc1. The minimum atomic E-state index is 0.343. The van der Waals surface area contributed by atoms with Crippen molar-refractivity contribution in [2.75, 3.05) is 13.2 Å². The molecule has 1 saturated heterocycles. The summed E-state index contributed by atoms with van der Waals surface area (Å²) in [5, 5.41) is 0. The maximum atomic E-state index is 5.40. The van der Waals surface area contributed by atoms with Crippen molar-refractivity contribution in [3.63, 3.8) is 0 Å². The minimum Gasteiger partial charge on any atom is -0.491 e. The van der Waals surface area contributed by atoms with Crippen LogP contribution in [-0.2, 0) is 4.74 Å². The molecule has 0 N–H and O–H groups in total. The van der Waals surface area contributed by atoms with Crippen LogP contribution < -0.4 is 4.74 Å². The van der Waals surface area contributed by atoms with Gasteiger partial charge >= 0.3 is 0 Å². The van der Waals surface area contributed by atoms with Crippen LogP contribution in [-0.4, -0.2) is 19.3 Å². The fourth-order valence-electron chi connectivity index (χ4n) is 0.870. The van der Waals surface area contributed by atoms with E-state index in [2.05, 4.69) is 13.8 Å². The Kier molecular flexibility index (Phi) is 17.2. The van der Waals surface area contributed by atoms with Crippen molar-refractivity contribution in [2.45, 2.75) is 54.1 Å². The van der Waals surface area contributed by atoms with E-state index in [9.17, 15) is 0 Å². The van der Waals surface area contributed by atoms with Crippen LogP contribution in [0.5, 0.6) is 5.75 Å². The van der Waals surface area contributed by atoms with E-state index in [1.165, 1.54) is 6.42 Å². The largest absolute Gasteiger partial charge is 0.491 e. The van der Waals surface area contributed by atoms with Gasteiger partial charge in [-0.1, -0.05) is 66.2 Å². The summed E-state index contributed by atoms with van der Waals surface area (Å²) < 4.78 is 10.4. The molecule has 1 atom stereocenters. The van der Waals surface area contributed by atoms with Gasteiger partial charge < -0.3 is 9.47 Å². The van der Waals surface area contributed by atoms with Crippen LogP contribution in [0.4, 0.5) is 0 Å². The monoisotopic (exact) mass is 254 g/mol. The first kappa shape index (κ1) is 19.3. The van der Waals surface area contributed by atoms with Crippen molar-refractivity contribution in [1.82, 2.24) is 0 Å². The molecule has 0 radical (unpaired) electrons. The molecular formula is C16H30O2. The fraction of sp³-hybridized carbons (Fsp3) is 0.625. The number of hydrogen-bond acceptors (Lipinski definition) is 2. The summed E-state index contributed by atoms with van der Waals surface area (Å²) in [5.74, 6) is 0.919. The number of rotatable bonds is 3. The van der Waals surface area contributed by atoms with Crippen LogP contribution in [0.3, 0.4) is 0 Å². The molecule has 1 aliphatic rings. The molecule has 1 fully saturated rings. The molecular weight excluding hydrogens is 224 g/mol. The molecule has 18 heavy (non-hydrogen) atoms. The van der Waals surface area contributed by atoms with Crippen molar-refractivity contribution in [1.29, 1.82) is 0 Å². The summed E-state index contributed by atoms with van der Waals surface area (Å²) in [6.45, 7) is 13.8. The third kappa shape index (κ3) is 13.0. The first-order valence-corrected chi connectivity index (χ1v) is 7.16. The zero-order chi connectivity index (χ0) is 14.2. The van der Waals surface area contributed by atoms with Crippen LogP contribution in [0.25, 0.3) is 0 Å². The Labute approximate surface area is 113 Å². The Morgan fingerprint density at radius 1 is 1.06 bits per heavy atom. The Hall–Kier alpha value is -1.02. The standard InChI is InChI=1S/C9H10O2.C3H8.2C2H6/c1-2-4-8(5-3-1)10-6-9-7-11-9;1-3-2;2*1-2/h1-5,9H,6-7H2;3H2,1-2H3;2*1-2H3. The van der Waals surface area contributed by atoms with Gasteiger partial charge in [0.05, 0.1) is 6.61 Å². The van der Waals surface area contributed by atoms with E-state index >= 15 is 0 Å². The minimum absolute atomic E-state index is 0.343. The molecule has 0 bridgehead atoms. The highest BCUT2D eigenvalue weighted by Crippen LogP contribution is 2.13. The van der Waals surface area contributed by atoms with Gasteiger partial charge in [-0.25, -0.2) is 0 Å². The predicted molar refractivity (Wildman–Crippen MR) is 80.3 cm³/mol. The lowest BCUT2D eigenvalue weighted by atomic mass is 10.3. The third-order valence-corrected chi connectivity index (χ3v) is 1.58. The average Bonchev–Trinajstić information content (AvgIpc) is 3.27. The van der Waals surface area contributed by atoms with Crippen molar-refractivity contribution >= 4 is 0 Å². The molecule has 0 aromatic heterocycles. The van der Waals surface area contributed by atoms with E-state index in [1.54, 1.807) is 0 Å². The lowest BCUT2D eigenvalue weighted by Crippen LogP contribution is -2.03. The average molecular weight is 254 g/mol. The third-order valence-electron chi connectivity index (χ3n) is 1.58. The van der Waals surface area contributed by atoms with Crippen LogP contribution in [0, 0.1) is 0 Å². The molecule has 0 spiro atoms. The summed E-state index contributed by atoms with van der Waals surface area (Å²) in [6.07, 6.45) is 1.59. The first-order chi connectivity index (χ1) is 8.86. The van der Waals surface area contributed by atoms with E-state index in [4.69, 9.17) is 9.47 Å². The molecule has 1 heterocycles. The lowest BCUT2D eigenvalue weighted by Gasteiger charge is -2.01. The second-order valence-corrected chi connectivity index (χ2v) is 3.29.